The highest BCUT2D eigenvalue weighted by molar-refractivity contribution is 9.09. The zero-order chi connectivity index (χ0) is 13.9. The summed E-state index contributed by atoms with van der Waals surface area (Å²) in [6.45, 7) is 5.39. The monoisotopic (exact) mass is 325 g/mol. The number of halogens is 1. The van der Waals surface area contributed by atoms with Gasteiger partial charge in [0.2, 0.25) is 0 Å². The van der Waals surface area contributed by atoms with Crippen LogP contribution >= 0.6 is 15.9 Å². The van der Waals surface area contributed by atoms with Gasteiger partial charge in [0, 0.05) is 24.1 Å². The lowest BCUT2D eigenvalue weighted by Crippen LogP contribution is -2.53. The van der Waals surface area contributed by atoms with Gasteiger partial charge in [-0.3, -0.25) is 4.79 Å². The molecular weight excluding hydrogens is 306 g/mol. The third-order valence-corrected chi connectivity index (χ3v) is 4.80. The van der Waals surface area contributed by atoms with Gasteiger partial charge in [0.05, 0.1) is 5.54 Å². The Kier molecular flexibility index (Phi) is 4.63. The molecule has 1 N–H and O–H groups in total. The van der Waals surface area contributed by atoms with Gasteiger partial charge in [-0.05, 0) is 38.3 Å². The van der Waals surface area contributed by atoms with Crippen LogP contribution in [0.3, 0.4) is 0 Å². The minimum Gasteiger partial charge on any atom is -0.381 e. The van der Waals surface area contributed by atoms with Crippen molar-refractivity contribution in [2.24, 2.45) is 0 Å². The first-order chi connectivity index (χ1) is 9.06. The summed E-state index contributed by atoms with van der Waals surface area (Å²) in [6, 6.07) is 5.97. The van der Waals surface area contributed by atoms with Crippen LogP contribution in [0.25, 0.3) is 0 Å². The normalized spacial score (nSPS) is 18.1. The predicted octanol–water partition coefficient (Wildman–Crippen LogP) is 2.98. The molecule has 1 saturated heterocycles. The van der Waals surface area contributed by atoms with Crippen LogP contribution in [0.5, 0.6) is 0 Å². The summed E-state index contributed by atoms with van der Waals surface area (Å²) in [5.41, 5.74) is 2.72. The van der Waals surface area contributed by atoms with E-state index in [0.717, 1.165) is 34.9 Å². The molecule has 1 aromatic carbocycles. The Hall–Kier alpha value is -0.870. The van der Waals surface area contributed by atoms with Crippen molar-refractivity contribution in [1.29, 1.82) is 0 Å². The molecule has 1 fully saturated rings. The van der Waals surface area contributed by atoms with E-state index in [1.807, 2.05) is 32.0 Å². The van der Waals surface area contributed by atoms with Crippen molar-refractivity contribution in [3.63, 3.8) is 0 Å². The zero-order valence-electron chi connectivity index (χ0n) is 11.5. The first kappa shape index (κ1) is 14.5. The molecule has 0 bridgehead atoms. The van der Waals surface area contributed by atoms with E-state index in [9.17, 15) is 4.79 Å². The molecule has 1 aliphatic rings. The lowest BCUT2D eigenvalue weighted by molar-refractivity contribution is 0.0441. The second-order valence-electron chi connectivity index (χ2n) is 5.30. The summed E-state index contributed by atoms with van der Waals surface area (Å²) in [6.07, 6.45) is 1.71. The Bertz CT molecular complexity index is 467. The molecule has 0 aromatic heterocycles. The predicted molar refractivity (Wildman–Crippen MR) is 80.0 cm³/mol. The number of amides is 1. The van der Waals surface area contributed by atoms with E-state index < -0.39 is 0 Å². The molecule has 0 aliphatic carbocycles. The van der Waals surface area contributed by atoms with Crippen molar-refractivity contribution in [2.45, 2.75) is 32.2 Å². The van der Waals surface area contributed by atoms with Crippen molar-refractivity contribution in [2.75, 3.05) is 18.5 Å². The fourth-order valence-corrected chi connectivity index (χ4v) is 3.04. The second kappa shape index (κ2) is 6.06. The minimum absolute atomic E-state index is 0.0163. The summed E-state index contributed by atoms with van der Waals surface area (Å²) in [5.74, 6) is 0.0163. The van der Waals surface area contributed by atoms with Gasteiger partial charge >= 0.3 is 0 Å². The summed E-state index contributed by atoms with van der Waals surface area (Å²) in [4.78, 5) is 12.5. The molecule has 0 unspecified atom stereocenters. The van der Waals surface area contributed by atoms with Crippen LogP contribution in [-0.2, 0) is 4.74 Å². The fraction of sp³-hybridized carbons (Fsp3) is 0.533. The van der Waals surface area contributed by atoms with Crippen LogP contribution < -0.4 is 5.32 Å². The lowest BCUT2D eigenvalue weighted by Gasteiger charge is -2.36. The molecule has 1 amide bonds. The lowest BCUT2D eigenvalue weighted by atomic mass is 9.91. The number of hydrogen-bond donors (Lipinski definition) is 1. The van der Waals surface area contributed by atoms with Crippen LogP contribution in [0, 0.1) is 13.8 Å². The molecule has 0 saturated carbocycles. The third-order valence-electron chi connectivity index (χ3n) is 3.72. The van der Waals surface area contributed by atoms with Gasteiger partial charge in [0.25, 0.3) is 5.91 Å². The van der Waals surface area contributed by atoms with Crippen molar-refractivity contribution < 1.29 is 9.53 Å². The van der Waals surface area contributed by atoms with Crippen molar-refractivity contribution in [1.82, 2.24) is 5.32 Å². The molecule has 0 radical (unpaired) electrons. The van der Waals surface area contributed by atoms with E-state index in [0.29, 0.717) is 13.2 Å². The summed E-state index contributed by atoms with van der Waals surface area (Å²) < 4.78 is 5.38. The summed E-state index contributed by atoms with van der Waals surface area (Å²) >= 11 is 3.53. The van der Waals surface area contributed by atoms with E-state index in [4.69, 9.17) is 4.74 Å². The van der Waals surface area contributed by atoms with Crippen LogP contribution in [0.15, 0.2) is 18.2 Å². The molecule has 2 rings (SSSR count). The Morgan fingerprint density at radius 1 is 1.37 bits per heavy atom. The smallest absolute Gasteiger partial charge is 0.252 e. The van der Waals surface area contributed by atoms with Gasteiger partial charge in [-0.15, -0.1) is 0 Å². The number of alkyl halides is 1. The quantitative estimate of drug-likeness (QED) is 0.867. The van der Waals surface area contributed by atoms with Crippen molar-refractivity contribution in [3.8, 4) is 0 Å². The molecule has 1 aromatic rings. The molecule has 1 aliphatic heterocycles. The number of ether oxygens (including phenoxy) is 1. The largest absolute Gasteiger partial charge is 0.381 e. The van der Waals surface area contributed by atoms with E-state index in [2.05, 4.69) is 21.2 Å². The van der Waals surface area contributed by atoms with E-state index in [1.54, 1.807) is 0 Å². The molecule has 3 nitrogen and oxygen atoms in total. The Labute approximate surface area is 122 Å². The van der Waals surface area contributed by atoms with Gasteiger partial charge in [0.15, 0.2) is 0 Å². The fourth-order valence-electron chi connectivity index (χ4n) is 2.34. The zero-order valence-corrected chi connectivity index (χ0v) is 13.0. The number of nitrogens with one attached hydrogen (secondary N) is 1. The maximum Gasteiger partial charge on any atom is 0.252 e. The van der Waals surface area contributed by atoms with Crippen molar-refractivity contribution >= 4 is 21.8 Å². The molecule has 4 heteroatoms. The first-order valence-electron chi connectivity index (χ1n) is 6.60. The second-order valence-corrected chi connectivity index (χ2v) is 5.86. The highest BCUT2D eigenvalue weighted by Gasteiger charge is 2.33. The van der Waals surface area contributed by atoms with E-state index in [-0.39, 0.29) is 11.4 Å². The van der Waals surface area contributed by atoms with Gasteiger partial charge < -0.3 is 10.1 Å². The van der Waals surface area contributed by atoms with E-state index in [1.165, 1.54) is 0 Å². The minimum atomic E-state index is -0.175. The van der Waals surface area contributed by atoms with Crippen LogP contribution in [0.4, 0.5) is 0 Å². The van der Waals surface area contributed by atoms with Crippen LogP contribution in [0.1, 0.15) is 34.3 Å². The maximum atomic E-state index is 12.5. The van der Waals surface area contributed by atoms with Crippen molar-refractivity contribution in [3.05, 3.63) is 34.9 Å². The highest BCUT2D eigenvalue weighted by Crippen LogP contribution is 2.24. The number of carbonyl (C=O) groups excluding carboxylic acids is 1. The van der Waals surface area contributed by atoms with Gasteiger partial charge in [-0.1, -0.05) is 33.6 Å². The molecule has 104 valence electrons. The standard InChI is InChI=1S/C15H20BrNO2/c1-11-3-4-12(2)13(9-11)14(18)17-15(10-16)5-7-19-8-6-15/h3-4,9H,5-8,10H2,1-2H3,(H,17,18). The molecule has 0 atom stereocenters. The third kappa shape index (κ3) is 3.37. The Morgan fingerprint density at radius 3 is 2.68 bits per heavy atom. The number of carbonyl (C=O) groups is 1. The maximum absolute atomic E-state index is 12.5. The molecule has 19 heavy (non-hydrogen) atoms. The molecular formula is C15H20BrNO2. The molecule has 1 heterocycles. The number of hydrogen-bond acceptors (Lipinski definition) is 2. The number of rotatable bonds is 3. The average Bonchev–Trinajstić information content (AvgIpc) is 2.42. The summed E-state index contributed by atoms with van der Waals surface area (Å²) in [5, 5.41) is 3.96. The van der Waals surface area contributed by atoms with Gasteiger partial charge in [-0.2, -0.15) is 0 Å². The average molecular weight is 326 g/mol. The Balaban J connectivity index is 2.17. The van der Waals surface area contributed by atoms with Gasteiger partial charge in [0.1, 0.15) is 0 Å². The van der Waals surface area contributed by atoms with Crippen LogP contribution in [0.2, 0.25) is 0 Å². The SMILES string of the molecule is Cc1ccc(C)c(C(=O)NC2(CBr)CCOCC2)c1. The highest BCUT2D eigenvalue weighted by atomic mass is 79.9. The van der Waals surface area contributed by atoms with Crippen LogP contribution in [-0.4, -0.2) is 30.0 Å². The topological polar surface area (TPSA) is 38.3 Å². The number of aryl methyl sites for hydroxylation is 2. The van der Waals surface area contributed by atoms with E-state index >= 15 is 0 Å². The Morgan fingerprint density at radius 2 is 2.05 bits per heavy atom. The van der Waals surface area contributed by atoms with Gasteiger partial charge in [-0.25, -0.2) is 0 Å². The summed E-state index contributed by atoms with van der Waals surface area (Å²) in [7, 11) is 0. The number of benzene rings is 1. The molecule has 0 spiro atoms. The first-order valence-corrected chi connectivity index (χ1v) is 7.72.